The summed E-state index contributed by atoms with van der Waals surface area (Å²) < 4.78 is 11.0. The Kier molecular flexibility index (Phi) is 5.05. The third-order valence-electron chi connectivity index (χ3n) is 4.82. The second-order valence-electron chi connectivity index (χ2n) is 6.61. The topological polar surface area (TPSA) is 107 Å². The number of nitrogens with one attached hydrogen (secondary N) is 1. The number of ether oxygens (including phenoxy) is 2. The highest BCUT2D eigenvalue weighted by Crippen LogP contribution is 2.36. The molecule has 0 bridgehead atoms. The lowest BCUT2D eigenvalue weighted by atomic mass is 10.0. The Hall–Kier alpha value is -3.94. The molecule has 4 aromatic rings. The van der Waals surface area contributed by atoms with Crippen molar-refractivity contribution in [1.82, 2.24) is 9.97 Å². The summed E-state index contributed by atoms with van der Waals surface area (Å²) in [4.78, 5) is 30.7. The van der Waals surface area contributed by atoms with Gasteiger partial charge in [-0.15, -0.1) is 0 Å². The Morgan fingerprint density at radius 2 is 1.97 bits per heavy atom. The second kappa shape index (κ2) is 7.82. The first-order chi connectivity index (χ1) is 14.5. The fourth-order valence-electron chi connectivity index (χ4n) is 3.54. The lowest BCUT2D eigenvalue weighted by Gasteiger charge is -2.09. The second-order valence-corrected chi connectivity index (χ2v) is 6.61. The van der Waals surface area contributed by atoms with Crippen LogP contribution >= 0.6 is 0 Å². The standard InChI is InChI=1S/C22H19N3O5/c1-3-14-20-15-11-13(30-19-8-6-5-7-18(19)25(27)28)9-10-16(15)24-17(20)12-23-21(14)22(26)29-4-2/h5-12,24H,3-4H2,1-2H3. The SMILES string of the molecule is CCOC(=O)c1ncc2[nH]c3ccc(Oc4ccccc4[N+](=O)[O-])cc3c2c1CC. The first-order valence-electron chi connectivity index (χ1n) is 9.55. The van der Waals surface area contributed by atoms with Crippen molar-refractivity contribution in [3.63, 3.8) is 0 Å². The molecule has 0 saturated carbocycles. The molecule has 0 aliphatic carbocycles. The van der Waals surface area contributed by atoms with Gasteiger partial charge in [-0.25, -0.2) is 9.78 Å². The van der Waals surface area contributed by atoms with E-state index in [2.05, 4.69) is 9.97 Å². The Morgan fingerprint density at radius 3 is 2.70 bits per heavy atom. The molecule has 30 heavy (non-hydrogen) atoms. The number of carbonyl (C=O) groups excluding carboxylic acids is 1. The molecular formula is C22H19N3O5. The molecule has 2 aromatic heterocycles. The van der Waals surface area contributed by atoms with Gasteiger partial charge in [-0.3, -0.25) is 10.1 Å². The number of nitrogens with zero attached hydrogens (tertiary/aromatic N) is 2. The number of nitro groups is 1. The predicted molar refractivity (Wildman–Crippen MR) is 112 cm³/mol. The molecule has 0 amide bonds. The van der Waals surface area contributed by atoms with Crippen molar-refractivity contribution in [2.24, 2.45) is 0 Å². The monoisotopic (exact) mass is 405 g/mol. The predicted octanol–water partition coefficient (Wildman–Crippen LogP) is 5.16. The van der Waals surface area contributed by atoms with Crippen LogP contribution in [0.4, 0.5) is 5.69 Å². The van der Waals surface area contributed by atoms with Gasteiger partial charge >= 0.3 is 11.7 Å². The van der Waals surface area contributed by atoms with E-state index in [0.29, 0.717) is 12.2 Å². The number of hydrogen-bond donors (Lipinski definition) is 1. The number of carbonyl (C=O) groups is 1. The molecule has 0 unspecified atom stereocenters. The molecular weight excluding hydrogens is 386 g/mol. The molecule has 0 spiro atoms. The van der Waals surface area contributed by atoms with Crippen LogP contribution in [0.5, 0.6) is 11.5 Å². The summed E-state index contributed by atoms with van der Waals surface area (Å²) in [6.45, 7) is 3.97. The smallest absolute Gasteiger partial charge is 0.357 e. The molecule has 0 fully saturated rings. The van der Waals surface area contributed by atoms with Crippen LogP contribution < -0.4 is 4.74 Å². The van der Waals surface area contributed by atoms with Crippen LogP contribution in [0, 0.1) is 10.1 Å². The van der Waals surface area contributed by atoms with E-state index in [1.54, 1.807) is 43.5 Å². The molecule has 8 heteroatoms. The Bertz CT molecular complexity index is 1280. The minimum atomic E-state index is -0.480. The number of aromatic nitrogens is 2. The van der Waals surface area contributed by atoms with Crippen LogP contribution in [0.25, 0.3) is 21.8 Å². The highest BCUT2D eigenvalue weighted by Gasteiger charge is 2.20. The zero-order valence-electron chi connectivity index (χ0n) is 16.5. The highest BCUT2D eigenvalue weighted by molar-refractivity contribution is 6.11. The van der Waals surface area contributed by atoms with Gasteiger partial charge in [0.15, 0.2) is 5.69 Å². The Morgan fingerprint density at radius 1 is 1.17 bits per heavy atom. The summed E-state index contributed by atoms with van der Waals surface area (Å²) in [5, 5.41) is 13.0. The average molecular weight is 405 g/mol. The average Bonchev–Trinajstić information content (AvgIpc) is 3.11. The maximum atomic E-state index is 12.4. The van der Waals surface area contributed by atoms with Crippen LogP contribution in [-0.4, -0.2) is 27.5 Å². The number of para-hydroxylation sites is 2. The number of aryl methyl sites for hydroxylation is 1. The van der Waals surface area contributed by atoms with E-state index >= 15 is 0 Å². The fourth-order valence-corrected chi connectivity index (χ4v) is 3.54. The van der Waals surface area contributed by atoms with Gasteiger partial charge in [0, 0.05) is 22.4 Å². The van der Waals surface area contributed by atoms with Crippen molar-refractivity contribution in [3.8, 4) is 11.5 Å². The summed E-state index contributed by atoms with van der Waals surface area (Å²) in [5.41, 5.74) is 2.59. The van der Waals surface area contributed by atoms with Gasteiger partial charge in [-0.2, -0.15) is 0 Å². The molecule has 0 saturated heterocycles. The number of esters is 1. The number of pyridine rings is 1. The van der Waals surface area contributed by atoms with Gasteiger partial charge in [0.25, 0.3) is 0 Å². The van der Waals surface area contributed by atoms with Crippen molar-refractivity contribution in [1.29, 1.82) is 0 Å². The van der Waals surface area contributed by atoms with Crippen molar-refractivity contribution >= 4 is 33.5 Å². The largest absolute Gasteiger partial charge is 0.461 e. The number of benzene rings is 2. The van der Waals surface area contributed by atoms with Gasteiger partial charge in [0.2, 0.25) is 5.75 Å². The lowest BCUT2D eigenvalue weighted by molar-refractivity contribution is -0.385. The first kappa shape index (κ1) is 19.4. The molecule has 0 radical (unpaired) electrons. The Balaban J connectivity index is 1.86. The van der Waals surface area contributed by atoms with Gasteiger partial charge in [0.1, 0.15) is 5.75 Å². The normalized spacial score (nSPS) is 11.0. The van der Waals surface area contributed by atoms with E-state index in [4.69, 9.17) is 9.47 Å². The molecule has 2 heterocycles. The first-order valence-corrected chi connectivity index (χ1v) is 9.55. The van der Waals surface area contributed by atoms with E-state index in [0.717, 1.165) is 27.4 Å². The highest BCUT2D eigenvalue weighted by atomic mass is 16.6. The molecule has 0 aliphatic heterocycles. The number of nitro benzene ring substituents is 1. The van der Waals surface area contributed by atoms with E-state index < -0.39 is 10.9 Å². The van der Waals surface area contributed by atoms with E-state index in [9.17, 15) is 14.9 Å². The van der Waals surface area contributed by atoms with Gasteiger partial charge in [-0.1, -0.05) is 19.1 Å². The number of aromatic amines is 1. The molecule has 152 valence electrons. The Labute approximate surface area is 171 Å². The van der Waals surface area contributed by atoms with Crippen molar-refractivity contribution in [3.05, 3.63) is 70.0 Å². The van der Waals surface area contributed by atoms with Crippen molar-refractivity contribution in [2.45, 2.75) is 20.3 Å². The molecule has 0 aliphatic rings. The summed E-state index contributed by atoms with van der Waals surface area (Å²) in [6.07, 6.45) is 2.20. The van der Waals surface area contributed by atoms with Crippen molar-refractivity contribution in [2.75, 3.05) is 6.61 Å². The van der Waals surface area contributed by atoms with Crippen LogP contribution in [0.15, 0.2) is 48.7 Å². The number of hydrogen-bond acceptors (Lipinski definition) is 6. The molecule has 8 nitrogen and oxygen atoms in total. The minimum Gasteiger partial charge on any atom is -0.461 e. The van der Waals surface area contributed by atoms with E-state index in [1.807, 2.05) is 13.0 Å². The lowest BCUT2D eigenvalue weighted by Crippen LogP contribution is -2.10. The molecule has 1 N–H and O–H groups in total. The third-order valence-corrected chi connectivity index (χ3v) is 4.82. The maximum Gasteiger partial charge on any atom is 0.357 e. The van der Waals surface area contributed by atoms with Gasteiger partial charge in [0.05, 0.1) is 23.2 Å². The fraction of sp³-hybridized carbons (Fsp3) is 0.182. The van der Waals surface area contributed by atoms with Gasteiger partial charge in [-0.05, 0) is 43.2 Å². The van der Waals surface area contributed by atoms with E-state index in [1.165, 1.54) is 6.07 Å². The van der Waals surface area contributed by atoms with Crippen LogP contribution in [0.1, 0.15) is 29.9 Å². The summed E-state index contributed by atoms with van der Waals surface area (Å²) in [7, 11) is 0. The van der Waals surface area contributed by atoms with E-state index in [-0.39, 0.29) is 23.7 Å². The van der Waals surface area contributed by atoms with Crippen LogP contribution in [0.3, 0.4) is 0 Å². The zero-order valence-corrected chi connectivity index (χ0v) is 16.5. The molecule has 0 atom stereocenters. The van der Waals surface area contributed by atoms with Crippen LogP contribution in [-0.2, 0) is 11.2 Å². The maximum absolute atomic E-state index is 12.4. The zero-order chi connectivity index (χ0) is 21.3. The van der Waals surface area contributed by atoms with Gasteiger partial charge < -0.3 is 14.5 Å². The third kappa shape index (κ3) is 3.32. The number of H-pyrrole nitrogens is 1. The van der Waals surface area contributed by atoms with Crippen molar-refractivity contribution < 1.29 is 19.2 Å². The van der Waals surface area contributed by atoms with Crippen LogP contribution in [0.2, 0.25) is 0 Å². The molecule has 4 rings (SSSR count). The minimum absolute atomic E-state index is 0.112. The summed E-state index contributed by atoms with van der Waals surface area (Å²) >= 11 is 0. The number of fused-ring (bicyclic) bond motifs is 3. The quantitative estimate of drug-likeness (QED) is 0.270. The summed E-state index contributed by atoms with van der Waals surface area (Å²) in [6, 6.07) is 11.6. The molecule has 2 aromatic carbocycles. The number of rotatable bonds is 6. The summed E-state index contributed by atoms with van der Waals surface area (Å²) in [5.74, 6) is 0.151.